The molecule has 23 heavy (non-hydrogen) atoms. The molecule has 1 aromatic heterocycles. The number of carbonyl (C=O) groups excluding carboxylic acids is 1. The minimum atomic E-state index is -0.190. The molecule has 1 amide bonds. The predicted octanol–water partition coefficient (Wildman–Crippen LogP) is 3.42. The first kappa shape index (κ1) is 17.4. The number of aromatic nitrogens is 1. The summed E-state index contributed by atoms with van der Waals surface area (Å²) >= 11 is 5.97. The van der Waals surface area contributed by atoms with Crippen LogP contribution in [-0.4, -0.2) is 28.6 Å². The summed E-state index contributed by atoms with van der Waals surface area (Å²) in [6, 6.07) is 9.28. The summed E-state index contributed by atoms with van der Waals surface area (Å²) in [5.74, 6) is 0.0746. The van der Waals surface area contributed by atoms with E-state index in [2.05, 4.69) is 10.3 Å². The largest absolute Gasteiger partial charge is 0.396 e. The average Bonchev–Trinajstić information content (AvgIpc) is 2.52. The van der Waals surface area contributed by atoms with Crippen LogP contribution in [0.25, 0.3) is 17.0 Å². The molecule has 0 radical (unpaired) electrons. The summed E-state index contributed by atoms with van der Waals surface area (Å²) < 4.78 is 0. The van der Waals surface area contributed by atoms with E-state index in [1.807, 2.05) is 38.1 Å². The van der Waals surface area contributed by atoms with E-state index in [9.17, 15) is 4.79 Å². The molecule has 0 spiro atoms. The second kappa shape index (κ2) is 8.09. The minimum Gasteiger partial charge on any atom is -0.396 e. The van der Waals surface area contributed by atoms with E-state index >= 15 is 0 Å². The van der Waals surface area contributed by atoms with Crippen LogP contribution >= 0.6 is 11.6 Å². The van der Waals surface area contributed by atoms with Crippen molar-refractivity contribution >= 4 is 34.5 Å². The summed E-state index contributed by atoms with van der Waals surface area (Å²) in [7, 11) is 0. The Bertz CT molecular complexity index is 713. The molecular weight excluding hydrogens is 312 g/mol. The fourth-order valence-corrected chi connectivity index (χ4v) is 2.47. The molecule has 0 aliphatic heterocycles. The van der Waals surface area contributed by atoms with Crippen LogP contribution in [0.3, 0.4) is 0 Å². The number of halogens is 1. The molecule has 2 N–H and O–H groups in total. The summed E-state index contributed by atoms with van der Waals surface area (Å²) in [4.78, 5) is 16.5. The Kier molecular flexibility index (Phi) is 6.13. The van der Waals surface area contributed by atoms with Crippen molar-refractivity contribution in [2.45, 2.75) is 26.3 Å². The Labute approximate surface area is 141 Å². The fourth-order valence-electron chi connectivity index (χ4n) is 2.30. The highest BCUT2D eigenvalue weighted by atomic mass is 35.5. The van der Waals surface area contributed by atoms with Gasteiger partial charge in [0.05, 0.1) is 11.2 Å². The van der Waals surface area contributed by atoms with E-state index < -0.39 is 0 Å². The number of aliphatic hydroxyl groups is 1. The highest BCUT2D eigenvalue weighted by Gasteiger charge is 2.13. The Morgan fingerprint density at radius 1 is 1.35 bits per heavy atom. The lowest BCUT2D eigenvalue weighted by atomic mass is 10.0. The van der Waals surface area contributed by atoms with Gasteiger partial charge in [-0.25, -0.2) is 4.98 Å². The van der Waals surface area contributed by atoms with Crippen molar-refractivity contribution in [3.05, 3.63) is 47.1 Å². The van der Waals surface area contributed by atoms with Crippen LogP contribution < -0.4 is 5.32 Å². The Hall–Kier alpha value is -1.91. The molecule has 2 aromatic rings. The second-order valence-electron chi connectivity index (χ2n) is 5.78. The number of fused-ring (bicyclic) bond motifs is 1. The highest BCUT2D eigenvalue weighted by molar-refractivity contribution is 6.31. The lowest BCUT2D eigenvalue weighted by Crippen LogP contribution is -2.38. The normalized spacial score (nSPS) is 12.9. The van der Waals surface area contributed by atoms with Gasteiger partial charge in [0.1, 0.15) is 0 Å². The van der Waals surface area contributed by atoms with Gasteiger partial charge in [0.25, 0.3) is 0 Å². The molecule has 0 saturated heterocycles. The average molecular weight is 333 g/mol. The summed E-state index contributed by atoms with van der Waals surface area (Å²) in [6.45, 7) is 4.08. The molecule has 1 aromatic carbocycles. The van der Waals surface area contributed by atoms with Gasteiger partial charge in [-0.2, -0.15) is 0 Å². The van der Waals surface area contributed by atoms with E-state index in [0.29, 0.717) is 17.1 Å². The van der Waals surface area contributed by atoms with Crippen LogP contribution in [0.4, 0.5) is 0 Å². The monoisotopic (exact) mass is 332 g/mol. The molecule has 0 fully saturated rings. The number of hydrogen-bond acceptors (Lipinski definition) is 3. The predicted molar refractivity (Wildman–Crippen MR) is 94.3 cm³/mol. The van der Waals surface area contributed by atoms with E-state index in [0.717, 1.165) is 10.9 Å². The molecule has 1 unspecified atom stereocenters. The van der Waals surface area contributed by atoms with Crippen LogP contribution in [-0.2, 0) is 4.79 Å². The molecular formula is C18H21ClN2O2. The summed E-state index contributed by atoms with van der Waals surface area (Å²) in [6.07, 6.45) is 3.68. The molecule has 122 valence electrons. The molecule has 2 rings (SSSR count). The molecule has 5 heteroatoms. The maximum atomic E-state index is 12.0. The summed E-state index contributed by atoms with van der Waals surface area (Å²) in [5, 5.41) is 13.6. The van der Waals surface area contributed by atoms with Crippen molar-refractivity contribution in [1.29, 1.82) is 0 Å². The van der Waals surface area contributed by atoms with Crippen molar-refractivity contribution in [3.8, 4) is 0 Å². The van der Waals surface area contributed by atoms with Gasteiger partial charge in [-0.3, -0.25) is 4.79 Å². The standard InChI is InChI=1S/C18H21ClN2O2/c1-12(2)16(9-10-22)21-18(23)8-7-15-6-4-13-3-5-14(19)11-17(13)20-15/h3-8,11-12,16,22H,9-10H2,1-2H3,(H,21,23)/b8-7+. The van der Waals surface area contributed by atoms with Crippen LogP contribution in [0.2, 0.25) is 5.02 Å². The Balaban J connectivity index is 2.08. The number of nitrogens with zero attached hydrogens (tertiary/aromatic N) is 1. The molecule has 0 bridgehead atoms. The number of amides is 1. The smallest absolute Gasteiger partial charge is 0.244 e. The number of pyridine rings is 1. The maximum absolute atomic E-state index is 12.0. The molecule has 0 saturated carbocycles. The zero-order valence-electron chi connectivity index (χ0n) is 13.3. The first-order chi connectivity index (χ1) is 11.0. The van der Waals surface area contributed by atoms with E-state index in [1.54, 1.807) is 12.1 Å². The summed E-state index contributed by atoms with van der Waals surface area (Å²) in [5.41, 5.74) is 1.48. The number of nitrogens with one attached hydrogen (secondary N) is 1. The SMILES string of the molecule is CC(C)C(CCO)NC(=O)/C=C/c1ccc2ccc(Cl)cc2n1. The van der Waals surface area contributed by atoms with Crippen molar-refractivity contribution in [2.24, 2.45) is 5.92 Å². The van der Waals surface area contributed by atoms with Gasteiger partial charge >= 0.3 is 0 Å². The van der Waals surface area contributed by atoms with Gasteiger partial charge in [-0.15, -0.1) is 0 Å². The van der Waals surface area contributed by atoms with Crippen molar-refractivity contribution < 1.29 is 9.90 Å². The van der Waals surface area contributed by atoms with E-state index in [1.165, 1.54) is 6.08 Å². The highest BCUT2D eigenvalue weighted by Crippen LogP contribution is 2.18. The van der Waals surface area contributed by atoms with Gasteiger partial charge in [-0.05, 0) is 36.6 Å². The third kappa shape index (κ3) is 5.05. The Morgan fingerprint density at radius 2 is 2.09 bits per heavy atom. The quantitative estimate of drug-likeness (QED) is 0.797. The van der Waals surface area contributed by atoms with Gasteiger partial charge in [0.2, 0.25) is 5.91 Å². The number of aliphatic hydroxyl groups excluding tert-OH is 1. The van der Waals surface area contributed by atoms with E-state index in [-0.39, 0.29) is 24.5 Å². The van der Waals surface area contributed by atoms with Crippen molar-refractivity contribution in [1.82, 2.24) is 10.3 Å². The maximum Gasteiger partial charge on any atom is 0.244 e. The number of benzene rings is 1. The van der Waals surface area contributed by atoms with Gasteiger partial charge < -0.3 is 10.4 Å². The lowest BCUT2D eigenvalue weighted by molar-refractivity contribution is -0.117. The van der Waals surface area contributed by atoms with Gasteiger partial charge in [-0.1, -0.05) is 37.6 Å². The van der Waals surface area contributed by atoms with Crippen LogP contribution in [0.5, 0.6) is 0 Å². The molecule has 0 aliphatic rings. The number of carbonyl (C=O) groups is 1. The third-order valence-corrected chi connectivity index (χ3v) is 3.89. The third-order valence-electron chi connectivity index (χ3n) is 3.65. The zero-order valence-corrected chi connectivity index (χ0v) is 14.0. The van der Waals surface area contributed by atoms with Gasteiger partial charge in [0, 0.05) is 29.1 Å². The molecule has 0 aliphatic carbocycles. The van der Waals surface area contributed by atoms with Crippen LogP contribution in [0, 0.1) is 5.92 Å². The van der Waals surface area contributed by atoms with Gasteiger partial charge in [0.15, 0.2) is 0 Å². The lowest BCUT2D eigenvalue weighted by Gasteiger charge is -2.20. The first-order valence-electron chi connectivity index (χ1n) is 7.65. The number of hydrogen-bond donors (Lipinski definition) is 2. The van der Waals surface area contributed by atoms with Crippen molar-refractivity contribution in [3.63, 3.8) is 0 Å². The minimum absolute atomic E-state index is 0.0412. The van der Waals surface area contributed by atoms with Crippen LogP contribution in [0.1, 0.15) is 26.0 Å². The van der Waals surface area contributed by atoms with Crippen molar-refractivity contribution in [2.75, 3.05) is 6.61 Å². The number of rotatable bonds is 6. The van der Waals surface area contributed by atoms with Crippen LogP contribution in [0.15, 0.2) is 36.4 Å². The topological polar surface area (TPSA) is 62.2 Å². The molecule has 4 nitrogen and oxygen atoms in total. The first-order valence-corrected chi connectivity index (χ1v) is 8.03. The second-order valence-corrected chi connectivity index (χ2v) is 6.21. The fraction of sp³-hybridized carbons (Fsp3) is 0.333. The Morgan fingerprint density at radius 3 is 2.78 bits per heavy atom. The zero-order chi connectivity index (χ0) is 16.8. The molecule has 1 atom stereocenters. The molecule has 1 heterocycles. The van der Waals surface area contributed by atoms with E-state index in [4.69, 9.17) is 16.7 Å².